The fraction of sp³-hybridized carbons (Fsp3) is 0.586. The molecule has 0 fully saturated rings. The van der Waals surface area contributed by atoms with Crippen molar-refractivity contribution in [3.63, 3.8) is 0 Å². The zero-order valence-corrected chi connectivity index (χ0v) is 23.8. The van der Waals surface area contributed by atoms with Crippen LogP contribution in [0.4, 0.5) is 0 Å². The molecule has 3 atom stereocenters. The molecule has 0 saturated heterocycles. The van der Waals surface area contributed by atoms with Crippen molar-refractivity contribution in [2.24, 2.45) is 5.92 Å². The molecule has 1 aromatic rings. The molecule has 0 radical (unpaired) electrons. The Morgan fingerprint density at radius 3 is 2.12 bits per heavy atom. The molecule has 0 amide bonds. The molecule has 1 aliphatic rings. The van der Waals surface area contributed by atoms with E-state index in [1.165, 1.54) is 21.6 Å². The Morgan fingerprint density at radius 2 is 1.52 bits per heavy atom. The molecule has 0 aromatic heterocycles. The molecule has 0 saturated carbocycles. The Hall–Kier alpha value is -1.07. The standard InChI is InChI=1S/C29H46O2SSi/c1-23-13-11-15-24(2)19-20-27(29(4,30)22-31-33(5,6)7)28(21-25(3)16-12-14-23)32-26-17-9-8-10-18-26/h8-10,14-15,17-18,21,27-28,30H,11-13,16,19-20,22H2,1-7H3/b23-14+,24-15+,25-21+/t27-,28?,29-/m1/s1. The summed E-state index contributed by atoms with van der Waals surface area (Å²) < 4.78 is 6.26. The summed E-state index contributed by atoms with van der Waals surface area (Å²) in [5.41, 5.74) is 3.43. The predicted molar refractivity (Wildman–Crippen MR) is 148 cm³/mol. The predicted octanol–water partition coefficient (Wildman–Crippen LogP) is 8.56. The van der Waals surface area contributed by atoms with Crippen molar-refractivity contribution < 1.29 is 9.53 Å². The fourth-order valence-electron chi connectivity index (χ4n) is 4.23. The monoisotopic (exact) mass is 486 g/mol. The lowest BCUT2D eigenvalue weighted by Gasteiger charge is -2.39. The molecule has 33 heavy (non-hydrogen) atoms. The van der Waals surface area contributed by atoms with E-state index >= 15 is 0 Å². The van der Waals surface area contributed by atoms with Crippen molar-refractivity contribution in [2.75, 3.05) is 6.61 Å². The number of rotatable bonds is 6. The number of hydrogen-bond donors (Lipinski definition) is 1. The minimum atomic E-state index is -1.73. The second kappa shape index (κ2) is 13.1. The minimum absolute atomic E-state index is 0.0950. The maximum atomic E-state index is 11.8. The van der Waals surface area contributed by atoms with E-state index in [-0.39, 0.29) is 11.2 Å². The van der Waals surface area contributed by atoms with Gasteiger partial charge in [0.25, 0.3) is 0 Å². The summed E-state index contributed by atoms with van der Waals surface area (Å²) in [7, 11) is -1.73. The smallest absolute Gasteiger partial charge is 0.183 e. The Morgan fingerprint density at radius 1 is 0.939 bits per heavy atom. The molecule has 0 bridgehead atoms. The van der Waals surface area contributed by atoms with Gasteiger partial charge in [0.2, 0.25) is 0 Å². The average molecular weight is 487 g/mol. The highest BCUT2D eigenvalue weighted by Crippen LogP contribution is 2.39. The van der Waals surface area contributed by atoms with Gasteiger partial charge in [0, 0.05) is 16.1 Å². The van der Waals surface area contributed by atoms with Crippen LogP contribution in [-0.4, -0.2) is 30.9 Å². The lowest BCUT2D eigenvalue weighted by atomic mass is 9.81. The van der Waals surface area contributed by atoms with Crippen LogP contribution in [-0.2, 0) is 4.43 Å². The maximum absolute atomic E-state index is 11.8. The third-order valence-electron chi connectivity index (χ3n) is 6.37. The van der Waals surface area contributed by atoms with Gasteiger partial charge in [-0.25, -0.2) is 0 Å². The molecule has 0 aliphatic heterocycles. The van der Waals surface area contributed by atoms with Crippen molar-refractivity contribution in [3.05, 3.63) is 65.3 Å². The summed E-state index contributed by atoms with van der Waals surface area (Å²) in [6.45, 7) is 15.7. The second-order valence-corrected chi connectivity index (χ2v) is 16.8. The second-order valence-electron chi connectivity index (χ2n) is 11.0. The van der Waals surface area contributed by atoms with Gasteiger partial charge in [-0.05, 0) is 98.0 Å². The van der Waals surface area contributed by atoms with E-state index in [0.717, 1.165) is 38.5 Å². The van der Waals surface area contributed by atoms with Crippen molar-refractivity contribution in [2.45, 2.75) is 102 Å². The van der Waals surface area contributed by atoms with Crippen molar-refractivity contribution in [3.8, 4) is 0 Å². The summed E-state index contributed by atoms with van der Waals surface area (Å²) in [6.07, 6.45) is 13.6. The van der Waals surface area contributed by atoms with Crippen molar-refractivity contribution >= 4 is 20.1 Å². The van der Waals surface area contributed by atoms with Crippen LogP contribution in [0.2, 0.25) is 19.6 Å². The first-order valence-corrected chi connectivity index (χ1v) is 16.8. The van der Waals surface area contributed by atoms with Gasteiger partial charge in [0.05, 0.1) is 12.2 Å². The van der Waals surface area contributed by atoms with Gasteiger partial charge in [-0.1, -0.05) is 53.1 Å². The van der Waals surface area contributed by atoms with E-state index < -0.39 is 13.9 Å². The number of benzene rings is 1. The first kappa shape index (κ1) is 28.2. The summed E-state index contributed by atoms with van der Waals surface area (Å²) in [6, 6.07) is 10.6. The number of hydrogen-bond acceptors (Lipinski definition) is 3. The molecule has 1 aromatic carbocycles. The van der Waals surface area contributed by atoms with Gasteiger partial charge in [-0.2, -0.15) is 0 Å². The highest BCUT2D eigenvalue weighted by molar-refractivity contribution is 8.00. The van der Waals surface area contributed by atoms with E-state index in [1.807, 2.05) is 18.7 Å². The zero-order chi connectivity index (χ0) is 24.5. The van der Waals surface area contributed by atoms with Crippen LogP contribution < -0.4 is 0 Å². The van der Waals surface area contributed by atoms with Gasteiger partial charge in [-0.15, -0.1) is 11.8 Å². The highest BCUT2D eigenvalue weighted by Gasteiger charge is 2.38. The van der Waals surface area contributed by atoms with E-state index in [4.69, 9.17) is 4.43 Å². The summed E-state index contributed by atoms with van der Waals surface area (Å²) in [4.78, 5) is 1.25. The van der Waals surface area contributed by atoms with Crippen LogP contribution in [0.1, 0.15) is 66.2 Å². The van der Waals surface area contributed by atoms with Crippen LogP contribution in [0.25, 0.3) is 0 Å². The third kappa shape index (κ3) is 10.8. The summed E-state index contributed by atoms with van der Waals surface area (Å²) in [5.74, 6) is 0.0950. The van der Waals surface area contributed by atoms with Crippen LogP contribution in [0.15, 0.2) is 70.2 Å². The molecule has 2 rings (SSSR count). The van der Waals surface area contributed by atoms with Gasteiger partial charge in [-0.3, -0.25) is 0 Å². The molecular weight excluding hydrogens is 440 g/mol. The van der Waals surface area contributed by atoms with Crippen molar-refractivity contribution in [1.29, 1.82) is 0 Å². The number of aliphatic hydroxyl groups is 1. The van der Waals surface area contributed by atoms with Gasteiger partial charge in [0.15, 0.2) is 8.32 Å². The molecule has 184 valence electrons. The molecule has 1 aliphatic carbocycles. The molecule has 2 nitrogen and oxygen atoms in total. The maximum Gasteiger partial charge on any atom is 0.183 e. The molecule has 4 heteroatoms. The molecule has 0 heterocycles. The number of thioether (sulfide) groups is 1. The lowest BCUT2D eigenvalue weighted by Crippen LogP contribution is -2.46. The van der Waals surface area contributed by atoms with Crippen LogP contribution >= 0.6 is 11.8 Å². The molecule has 1 N–H and O–H groups in total. The average Bonchev–Trinajstić information content (AvgIpc) is 2.72. The van der Waals surface area contributed by atoms with E-state index in [1.54, 1.807) is 0 Å². The normalized spacial score (nSPS) is 28.3. The zero-order valence-electron chi connectivity index (χ0n) is 22.0. The quantitative estimate of drug-likeness (QED) is 0.322. The van der Waals surface area contributed by atoms with E-state index in [9.17, 15) is 5.11 Å². The highest BCUT2D eigenvalue weighted by atomic mass is 32.2. The lowest BCUT2D eigenvalue weighted by molar-refractivity contribution is -0.0409. The Balaban J connectivity index is 2.43. The van der Waals surface area contributed by atoms with Crippen molar-refractivity contribution in [1.82, 2.24) is 0 Å². The third-order valence-corrected chi connectivity index (χ3v) is 8.66. The number of allylic oxidation sites excluding steroid dienone is 5. The Bertz CT molecular complexity index is 818. The fourth-order valence-corrected chi connectivity index (χ4v) is 6.48. The van der Waals surface area contributed by atoms with Crippen LogP contribution in [0.5, 0.6) is 0 Å². The minimum Gasteiger partial charge on any atom is -0.415 e. The Kier molecular flexibility index (Phi) is 11.2. The molecule has 1 unspecified atom stereocenters. The first-order chi connectivity index (χ1) is 15.5. The van der Waals surface area contributed by atoms with Crippen LogP contribution in [0.3, 0.4) is 0 Å². The summed E-state index contributed by atoms with van der Waals surface area (Å²) in [5, 5.41) is 12.0. The molecular formula is C29H46O2SSi. The molecule has 0 spiro atoms. The first-order valence-electron chi connectivity index (χ1n) is 12.5. The van der Waals surface area contributed by atoms with E-state index in [0.29, 0.717) is 6.61 Å². The van der Waals surface area contributed by atoms with E-state index in [2.05, 4.69) is 89.0 Å². The largest absolute Gasteiger partial charge is 0.415 e. The van der Waals surface area contributed by atoms with Crippen LogP contribution in [0, 0.1) is 5.92 Å². The van der Waals surface area contributed by atoms with Gasteiger partial charge >= 0.3 is 0 Å². The Labute approximate surface area is 208 Å². The topological polar surface area (TPSA) is 29.5 Å². The van der Waals surface area contributed by atoms with Gasteiger partial charge in [0.1, 0.15) is 0 Å². The van der Waals surface area contributed by atoms with Gasteiger partial charge < -0.3 is 9.53 Å². The summed E-state index contributed by atoms with van der Waals surface area (Å²) >= 11 is 1.88. The SMILES string of the molecule is C/C1=C\CC/C(C)=C/C(Sc2ccccc2)[C@H]([C@](C)(O)CO[Si](C)(C)C)CC/C(C)=C/CC1.